The largest absolute Gasteiger partial charge is 0.481 e. The number of carbonyl (C=O) groups is 3. The Morgan fingerprint density at radius 3 is 2.23 bits per heavy atom. The zero-order valence-electron chi connectivity index (χ0n) is 19.6. The van der Waals surface area contributed by atoms with Crippen LogP contribution >= 0.6 is 0 Å². The zero-order chi connectivity index (χ0) is 24.9. The van der Waals surface area contributed by atoms with Crippen LogP contribution in [0.2, 0.25) is 0 Å². The molecule has 0 saturated heterocycles. The third kappa shape index (κ3) is 5.34. The van der Waals surface area contributed by atoms with E-state index in [1.165, 1.54) is 10.9 Å². The monoisotopic (exact) mass is 476 g/mol. The first-order valence-electron chi connectivity index (χ1n) is 11.5. The van der Waals surface area contributed by atoms with Gasteiger partial charge in [0, 0.05) is 30.8 Å². The molecule has 2 amide bonds. The number of aryl methyl sites for hydroxylation is 1. The van der Waals surface area contributed by atoms with Gasteiger partial charge in [0.1, 0.15) is 12.6 Å². The predicted octanol–water partition coefficient (Wildman–Crippen LogP) is 3.37. The van der Waals surface area contributed by atoms with E-state index >= 15 is 0 Å². The minimum absolute atomic E-state index is 0.109. The highest BCUT2D eigenvalue weighted by atomic mass is 16.5. The molecule has 3 aromatic rings. The number of fused-ring (bicyclic) bond motifs is 3. The summed E-state index contributed by atoms with van der Waals surface area (Å²) in [7, 11) is 1.70. The Balaban J connectivity index is 1.47. The van der Waals surface area contributed by atoms with Crippen LogP contribution in [0.15, 0.2) is 60.9 Å². The quantitative estimate of drug-likeness (QED) is 0.435. The van der Waals surface area contributed by atoms with Crippen molar-refractivity contribution in [2.24, 2.45) is 7.05 Å². The summed E-state index contributed by atoms with van der Waals surface area (Å²) in [5.74, 6) is -1.65. The van der Waals surface area contributed by atoms with E-state index in [1.807, 2.05) is 36.4 Å². The van der Waals surface area contributed by atoms with E-state index in [9.17, 15) is 14.4 Å². The molecule has 35 heavy (non-hydrogen) atoms. The number of aliphatic carboxylic acids is 1. The van der Waals surface area contributed by atoms with Crippen molar-refractivity contribution in [1.82, 2.24) is 20.4 Å². The first-order chi connectivity index (χ1) is 16.9. The maximum Gasteiger partial charge on any atom is 0.408 e. The van der Waals surface area contributed by atoms with Crippen LogP contribution in [0.3, 0.4) is 0 Å². The molecule has 3 N–H and O–H groups in total. The molecule has 2 atom stereocenters. The van der Waals surface area contributed by atoms with Gasteiger partial charge in [-0.1, -0.05) is 55.5 Å². The molecule has 1 heterocycles. The standard InChI is InChI=1S/C26H28N4O5/c1-3-17(12-23(31)32)28-25(33)24(16-13-27-30(2)14-16)29-26(34)35-15-22-20-10-6-4-8-18(20)19-9-5-7-11-21(19)22/h4-11,13-14,17,22,24H,3,12,15H2,1-2H3,(H,28,33)(H,29,34)(H,31,32)/t17-,24?/m0/s1. The van der Waals surface area contributed by atoms with Crippen molar-refractivity contribution in [2.75, 3.05) is 6.61 Å². The number of nitrogens with zero attached hydrogens (tertiary/aromatic N) is 2. The minimum atomic E-state index is -1.08. The van der Waals surface area contributed by atoms with E-state index in [0.717, 1.165) is 22.3 Å². The minimum Gasteiger partial charge on any atom is -0.481 e. The third-order valence-electron chi connectivity index (χ3n) is 6.19. The van der Waals surface area contributed by atoms with E-state index in [2.05, 4.69) is 27.9 Å². The second kappa shape index (κ2) is 10.4. The van der Waals surface area contributed by atoms with E-state index < -0.39 is 30.1 Å². The molecule has 2 aromatic carbocycles. The Labute approximate surface area is 203 Å². The summed E-state index contributed by atoms with van der Waals surface area (Å²) < 4.78 is 7.11. The van der Waals surface area contributed by atoms with Crippen LogP contribution in [0.5, 0.6) is 0 Å². The van der Waals surface area contributed by atoms with Gasteiger partial charge in [0.15, 0.2) is 0 Å². The molecule has 182 valence electrons. The molecular weight excluding hydrogens is 448 g/mol. The SMILES string of the molecule is CC[C@@H](CC(=O)O)NC(=O)C(NC(=O)OCC1c2ccccc2-c2ccccc21)c1cnn(C)c1. The molecule has 0 saturated carbocycles. The molecule has 0 bridgehead atoms. The van der Waals surface area contributed by atoms with Gasteiger partial charge in [-0.3, -0.25) is 14.3 Å². The summed E-state index contributed by atoms with van der Waals surface area (Å²) in [5.41, 5.74) is 4.87. The van der Waals surface area contributed by atoms with Crippen molar-refractivity contribution >= 4 is 18.0 Å². The topological polar surface area (TPSA) is 123 Å². The Bertz CT molecular complexity index is 1190. The molecule has 9 nitrogen and oxygen atoms in total. The lowest BCUT2D eigenvalue weighted by atomic mass is 9.98. The van der Waals surface area contributed by atoms with Crippen molar-refractivity contribution in [3.8, 4) is 11.1 Å². The summed E-state index contributed by atoms with van der Waals surface area (Å²) in [6, 6.07) is 14.4. The molecule has 0 radical (unpaired) electrons. The first kappa shape index (κ1) is 24.0. The Morgan fingerprint density at radius 2 is 1.69 bits per heavy atom. The van der Waals surface area contributed by atoms with Crippen LogP contribution < -0.4 is 10.6 Å². The average Bonchev–Trinajstić information content (AvgIpc) is 3.41. The number of rotatable bonds is 9. The van der Waals surface area contributed by atoms with Crippen LogP contribution in [0.4, 0.5) is 4.79 Å². The second-order valence-corrected chi connectivity index (χ2v) is 8.56. The Hall–Kier alpha value is -4.14. The van der Waals surface area contributed by atoms with E-state index in [1.54, 1.807) is 20.2 Å². The zero-order valence-corrected chi connectivity index (χ0v) is 19.6. The van der Waals surface area contributed by atoms with Crippen molar-refractivity contribution in [1.29, 1.82) is 0 Å². The lowest BCUT2D eigenvalue weighted by Gasteiger charge is -2.22. The number of nitrogens with one attached hydrogen (secondary N) is 2. The van der Waals surface area contributed by atoms with Crippen molar-refractivity contribution in [3.63, 3.8) is 0 Å². The number of alkyl carbamates (subject to hydrolysis) is 1. The van der Waals surface area contributed by atoms with Gasteiger partial charge in [0.05, 0.1) is 12.6 Å². The number of carbonyl (C=O) groups excluding carboxylic acids is 2. The van der Waals surface area contributed by atoms with Gasteiger partial charge in [-0.2, -0.15) is 5.10 Å². The summed E-state index contributed by atoms with van der Waals surface area (Å²) in [6.07, 6.45) is 2.57. The summed E-state index contributed by atoms with van der Waals surface area (Å²) in [5, 5.41) is 18.5. The molecule has 1 aliphatic rings. The number of carboxylic acids is 1. The maximum atomic E-state index is 13.0. The molecule has 1 aliphatic carbocycles. The third-order valence-corrected chi connectivity index (χ3v) is 6.19. The lowest BCUT2D eigenvalue weighted by Crippen LogP contribution is -2.45. The van der Waals surface area contributed by atoms with Gasteiger partial charge in [0.2, 0.25) is 5.91 Å². The number of amides is 2. The molecule has 4 rings (SSSR count). The number of carboxylic acid groups (broad SMARTS) is 1. The highest BCUT2D eigenvalue weighted by molar-refractivity contribution is 5.87. The summed E-state index contributed by atoms with van der Waals surface area (Å²) in [6.45, 7) is 1.89. The fraction of sp³-hybridized carbons (Fsp3) is 0.308. The highest BCUT2D eigenvalue weighted by Gasteiger charge is 2.31. The summed E-state index contributed by atoms with van der Waals surface area (Å²) in [4.78, 5) is 36.9. The molecule has 0 spiro atoms. The van der Waals surface area contributed by atoms with Gasteiger partial charge in [-0.15, -0.1) is 0 Å². The van der Waals surface area contributed by atoms with Gasteiger partial charge < -0.3 is 20.5 Å². The van der Waals surface area contributed by atoms with Crippen molar-refractivity contribution < 1.29 is 24.2 Å². The van der Waals surface area contributed by atoms with Crippen LogP contribution in [-0.2, 0) is 21.4 Å². The fourth-order valence-electron chi connectivity index (χ4n) is 4.44. The first-order valence-corrected chi connectivity index (χ1v) is 11.5. The highest BCUT2D eigenvalue weighted by Crippen LogP contribution is 2.44. The number of ether oxygens (including phenoxy) is 1. The molecule has 0 fully saturated rings. The van der Waals surface area contributed by atoms with Gasteiger partial charge in [-0.25, -0.2) is 4.79 Å². The van der Waals surface area contributed by atoms with Crippen LogP contribution in [0.1, 0.15) is 48.4 Å². The van der Waals surface area contributed by atoms with Gasteiger partial charge >= 0.3 is 12.1 Å². The van der Waals surface area contributed by atoms with E-state index in [-0.39, 0.29) is 18.9 Å². The molecule has 9 heteroatoms. The smallest absolute Gasteiger partial charge is 0.408 e. The molecular formula is C26H28N4O5. The van der Waals surface area contributed by atoms with Crippen LogP contribution in [0.25, 0.3) is 11.1 Å². The molecule has 0 aliphatic heterocycles. The van der Waals surface area contributed by atoms with E-state index in [0.29, 0.717) is 12.0 Å². The van der Waals surface area contributed by atoms with Crippen molar-refractivity contribution in [3.05, 3.63) is 77.6 Å². The Kier molecular flexibility index (Phi) is 7.14. The maximum absolute atomic E-state index is 13.0. The van der Waals surface area contributed by atoms with Crippen LogP contribution in [0, 0.1) is 0 Å². The summed E-state index contributed by atoms with van der Waals surface area (Å²) >= 11 is 0. The average molecular weight is 477 g/mol. The number of aromatic nitrogens is 2. The Morgan fingerprint density at radius 1 is 1.06 bits per heavy atom. The molecule has 1 unspecified atom stereocenters. The molecule has 1 aromatic heterocycles. The van der Waals surface area contributed by atoms with E-state index in [4.69, 9.17) is 9.84 Å². The number of benzene rings is 2. The fourth-order valence-corrected chi connectivity index (χ4v) is 4.44. The van der Waals surface area contributed by atoms with Gasteiger partial charge in [0.25, 0.3) is 0 Å². The van der Waals surface area contributed by atoms with Crippen molar-refractivity contribution in [2.45, 2.75) is 37.8 Å². The normalized spacial score (nSPS) is 13.9. The number of hydrogen-bond donors (Lipinski definition) is 3. The number of hydrogen-bond acceptors (Lipinski definition) is 5. The second-order valence-electron chi connectivity index (χ2n) is 8.56. The van der Waals surface area contributed by atoms with Gasteiger partial charge in [-0.05, 0) is 28.7 Å². The van der Waals surface area contributed by atoms with Crippen LogP contribution in [-0.4, -0.2) is 45.5 Å². The lowest BCUT2D eigenvalue weighted by molar-refractivity contribution is -0.137. The predicted molar refractivity (Wildman–Crippen MR) is 129 cm³/mol.